The number of benzene rings is 1. The van der Waals surface area contributed by atoms with Gasteiger partial charge < -0.3 is 10.2 Å². The minimum Gasteiger partial charge on any atom is -0.351 e. The van der Waals surface area contributed by atoms with Crippen LogP contribution in [0.1, 0.15) is 17.7 Å². The number of hydrogen-bond donors (Lipinski definition) is 1. The summed E-state index contributed by atoms with van der Waals surface area (Å²) >= 11 is 6.01. The Kier molecular flexibility index (Phi) is 5.27. The molecule has 4 rings (SSSR count). The summed E-state index contributed by atoms with van der Waals surface area (Å²) in [7, 11) is 1.64. The molecule has 1 unspecified atom stereocenters. The topological polar surface area (TPSA) is 87.5 Å². The predicted molar refractivity (Wildman–Crippen MR) is 109 cm³/mol. The lowest BCUT2D eigenvalue weighted by molar-refractivity contribution is -0.122. The second-order valence-corrected chi connectivity index (χ2v) is 7.86. The van der Waals surface area contributed by atoms with Crippen LogP contribution in [-0.4, -0.2) is 52.3 Å². The van der Waals surface area contributed by atoms with Crippen LogP contribution in [0, 0.1) is 0 Å². The molecule has 1 N–H and O–H groups in total. The van der Waals surface area contributed by atoms with Crippen LogP contribution in [0.2, 0.25) is 5.02 Å². The van der Waals surface area contributed by atoms with Crippen molar-refractivity contribution in [3.63, 3.8) is 0 Å². The van der Waals surface area contributed by atoms with Crippen molar-refractivity contribution in [1.29, 1.82) is 0 Å². The van der Waals surface area contributed by atoms with Crippen LogP contribution in [-0.2, 0) is 24.7 Å². The number of aromatic nitrogens is 2. The van der Waals surface area contributed by atoms with Gasteiger partial charge in [-0.25, -0.2) is 9.48 Å². The van der Waals surface area contributed by atoms with Crippen LogP contribution in [0.4, 0.5) is 10.5 Å². The third-order valence-corrected chi connectivity index (χ3v) is 5.60. The Bertz CT molecular complexity index is 1020. The number of nitrogens with one attached hydrogen (secondary N) is 1. The van der Waals surface area contributed by atoms with Gasteiger partial charge in [-0.2, -0.15) is 5.10 Å². The van der Waals surface area contributed by atoms with Gasteiger partial charge in [-0.05, 0) is 43.0 Å². The summed E-state index contributed by atoms with van der Waals surface area (Å²) < 4.78 is 1.34. The maximum atomic E-state index is 12.7. The van der Waals surface area contributed by atoms with E-state index in [4.69, 9.17) is 11.6 Å². The summed E-state index contributed by atoms with van der Waals surface area (Å²) in [5.74, 6) is -0.198. The Morgan fingerprint density at radius 3 is 2.90 bits per heavy atom. The summed E-state index contributed by atoms with van der Waals surface area (Å²) in [4.78, 5) is 40.1. The average molecular weight is 416 g/mol. The van der Waals surface area contributed by atoms with Crippen LogP contribution < -0.4 is 15.8 Å². The van der Waals surface area contributed by atoms with E-state index in [9.17, 15) is 14.4 Å². The van der Waals surface area contributed by atoms with Crippen molar-refractivity contribution in [2.75, 3.05) is 24.5 Å². The van der Waals surface area contributed by atoms with Crippen molar-refractivity contribution in [3.8, 4) is 0 Å². The zero-order chi connectivity index (χ0) is 20.5. The molecule has 2 heterocycles. The standard InChI is InChI=1S/C20H22ClN5O3/c1-24-19(28)10-13-9-15(5-6-17(13)23-24)22-18(27)12-25-7-8-26(20(25)29)16-4-2-3-14(21)11-16/h2-4,10-11,15H,5-9,12H2,1H3,(H,22,27). The number of urea groups is 1. The summed E-state index contributed by atoms with van der Waals surface area (Å²) in [6, 6.07) is 8.43. The van der Waals surface area contributed by atoms with Crippen molar-refractivity contribution >= 4 is 29.2 Å². The quantitative estimate of drug-likeness (QED) is 0.816. The van der Waals surface area contributed by atoms with Gasteiger partial charge in [-0.3, -0.25) is 14.5 Å². The van der Waals surface area contributed by atoms with Gasteiger partial charge in [-0.15, -0.1) is 0 Å². The van der Waals surface area contributed by atoms with E-state index in [1.54, 1.807) is 36.2 Å². The van der Waals surface area contributed by atoms with Crippen LogP contribution >= 0.6 is 11.6 Å². The third kappa shape index (κ3) is 4.12. The van der Waals surface area contributed by atoms with E-state index in [2.05, 4.69) is 10.4 Å². The molecule has 152 valence electrons. The Morgan fingerprint density at radius 1 is 1.28 bits per heavy atom. The smallest absolute Gasteiger partial charge is 0.325 e. The lowest BCUT2D eigenvalue weighted by Crippen LogP contribution is -2.45. The molecule has 1 aromatic heterocycles. The van der Waals surface area contributed by atoms with Gasteiger partial charge in [0.1, 0.15) is 6.54 Å². The van der Waals surface area contributed by atoms with E-state index in [0.29, 0.717) is 31.0 Å². The highest BCUT2D eigenvalue weighted by molar-refractivity contribution is 6.30. The molecule has 3 amide bonds. The molecule has 0 saturated carbocycles. The average Bonchev–Trinajstić information content (AvgIpc) is 3.03. The molecule has 0 radical (unpaired) electrons. The molecule has 1 saturated heterocycles. The number of fused-ring (bicyclic) bond motifs is 1. The summed E-state index contributed by atoms with van der Waals surface area (Å²) in [5, 5.41) is 7.85. The number of halogens is 1. The van der Waals surface area contributed by atoms with Crippen LogP contribution in [0.15, 0.2) is 35.1 Å². The Morgan fingerprint density at radius 2 is 2.10 bits per heavy atom. The lowest BCUT2D eigenvalue weighted by atomic mass is 9.92. The first-order valence-electron chi connectivity index (χ1n) is 9.58. The predicted octanol–water partition coefficient (Wildman–Crippen LogP) is 1.35. The number of aryl methyl sites for hydroxylation is 2. The van der Waals surface area contributed by atoms with Gasteiger partial charge in [-0.1, -0.05) is 17.7 Å². The van der Waals surface area contributed by atoms with Crippen LogP contribution in [0.3, 0.4) is 0 Å². The summed E-state index contributed by atoms with van der Waals surface area (Å²) in [5.41, 5.74) is 2.36. The largest absolute Gasteiger partial charge is 0.351 e. The number of rotatable bonds is 4. The van der Waals surface area contributed by atoms with Gasteiger partial charge in [0, 0.05) is 43.0 Å². The third-order valence-electron chi connectivity index (χ3n) is 5.37. The monoisotopic (exact) mass is 415 g/mol. The molecule has 8 nitrogen and oxygen atoms in total. The van der Waals surface area contributed by atoms with Crippen LogP contribution in [0.5, 0.6) is 0 Å². The minimum absolute atomic E-state index is 0.00800. The second-order valence-electron chi connectivity index (χ2n) is 7.42. The molecule has 0 spiro atoms. The first-order valence-corrected chi connectivity index (χ1v) is 9.96. The summed E-state index contributed by atoms with van der Waals surface area (Å²) in [6.07, 6.45) is 2.04. The Hall–Kier alpha value is -2.87. The van der Waals surface area contributed by atoms with E-state index in [0.717, 1.165) is 23.4 Å². The normalized spacial score (nSPS) is 18.7. The molecule has 1 aliphatic carbocycles. The Labute approximate surface area is 173 Å². The summed E-state index contributed by atoms with van der Waals surface area (Å²) in [6.45, 7) is 0.999. The molecular formula is C20H22ClN5O3. The molecule has 1 aliphatic heterocycles. The highest BCUT2D eigenvalue weighted by Gasteiger charge is 2.31. The number of amides is 3. The minimum atomic E-state index is -0.205. The molecule has 1 atom stereocenters. The zero-order valence-electron chi connectivity index (χ0n) is 16.1. The number of nitrogens with zero attached hydrogens (tertiary/aromatic N) is 4. The molecule has 2 aromatic rings. The fourth-order valence-electron chi connectivity index (χ4n) is 3.87. The van der Waals surface area contributed by atoms with E-state index < -0.39 is 0 Å². The highest BCUT2D eigenvalue weighted by Crippen LogP contribution is 2.23. The van der Waals surface area contributed by atoms with Crippen molar-refractivity contribution in [1.82, 2.24) is 20.0 Å². The first kappa shape index (κ1) is 19.4. The van der Waals surface area contributed by atoms with Crippen molar-refractivity contribution in [2.24, 2.45) is 7.05 Å². The fraction of sp³-hybridized carbons (Fsp3) is 0.400. The molecule has 29 heavy (non-hydrogen) atoms. The van der Waals surface area contributed by atoms with Gasteiger partial charge in [0.15, 0.2) is 0 Å². The fourth-order valence-corrected chi connectivity index (χ4v) is 4.05. The first-order chi connectivity index (χ1) is 13.9. The lowest BCUT2D eigenvalue weighted by Gasteiger charge is -2.26. The maximum Gasteiger partial charge on any atom is 0.325 e. The SMILES string of the molecule is Cn1nc2c(cc1=O)CC(NC(=O)CN1CCN(c3cccc(Cl)c3)C1=O)CC2. The maximum absolute atomic E-state index is 12.7. The number of anilines is 1. The molecule has 9 heteroatoms. The molecule has 1 fully saturated rings. The number of carbonyl (C=O) groups is 2. The van der Waals surface area contributed by atoms with Crippen molar-refractivity contribution in [2.45, 2.75) is 25.3 Å². The second kappa shape index (κ2) is 7.87. The Balaban J connectivity index is 1.35. The van der Waals surface area contributed by atoms with Crippen LogP contribution in [0.25, 0.3) is 0 Å². The zero-order valence-corrected chi connectivity index (χ0v) is 16.9. The molecular weight excluding hydrogens is 394 g/mol. The van der Waals surface area contributed by atoms with E-state index in [1.807, 2.05) is 6.07 Å². The van der Waals surface area contributed by atoms with E-state index in [1.165, 1.54) is 9.58 Å². The number of hydrogen-bond acceptors (Lipinski definition) is 4. The van der Waals surface area contributed by atoms with Gasteiger partial charge in [0.25, 0.3) is 5.56 Å². The van der Waals surface area contributed by atoms with Gasteiger partial charge in [0.05, 0.1) is 5.69 Å². The molecule has 0 bridgehead atoms. The van der Waals surface area contributed by atoms with Gasteiger partial charge >= 0.3 is 6.03 Å². The van der Waals surface area contributed by atoms with Gasteiger partial charge in [0.2, 0.25) is 5.91 Å². The van der Waals surface area contributed by atoms with E-state index in [-0.39, 0.29) is 30.1 Å². The number of carbonyl (C=O) groups excluding carboxylic acids is 2. The molecule has 2 aliphatic rings. The van der Waals surface area contributed by atoms with Crippen molar-refractivity contribution < 1.29 is 9.59 Å². The van der Waals surface area contributed by atoms with Crippen molar-refractivity contribution in [3.05, 3.63) is 57.0 Å². The highest BCUT2D eigenvalue weighted by atomic mass is 35.5. The molecule has 1 aromatic carbocycles. The van der Waals surface area contributed by atoms with E-state index >= 15 is 0 Å².